The summed E-state index contributed by atoms with van der Waals surface area (Å²) in [7, 11) is -3.63. The first-order valence-electron chi connectivity index (χ1n) is 6.45. The number of anilines is 1. The van der Waals surface area contributed by atoms with E-state index in [4.69, 9.17) is 0 Å². The van der Waals surface area contributed by atoms with E-state index in [9.17, 15) is 12.8 Å². The molecule has 0 heterocycles. The minimum absolute atomic E-state index is 0.239. The number of hydrogen-bond acceptors (Lipinski definition) is 2. The summed E-state index contributed by atoms with van der Waals surface area (Å²) in [5.74, 6) is -0.385. The van der Waals surface area contributed by atoms with Crippen LogP contribution < -0.4 is 4.31 Å². The van der Waals surface area contributed by atoms with Gasteiger partial charge in [0.1, 0.15) is 5.82 Å². The van der Waals surface area contributed by atoms with Gasteiger partial charge in [-0.05, 0) is 42.8 Å². The fraction of sp³-hybridized carbons (Fsp3) is 0.200. The molecule has 0 aromatic heterocycles. The maximum atomic E-state index is 13.1. The molecule has 21 heavy (non-hydrogen) atoms. The van der Waals surface area contributed by atoms with E-state index in [2.05, 4.69) is 22.6 Å². The van der Waals surface area contributed by atoms with Crippen molar-refractivity contribution in [3.05, 3.63) is 60.4 Å². The van der Waals surface area contributed by atoms with Crippen LogP contribution in [0.15, 0.2) is 59.5 Å². The van der Waals surface area contributed by atoms with Crippen LogP contribution in [0.4, 0.5) is 10.1 Å². The summed E-state index contributed by atoms with van der Waals surface area (Å²) >= 11 is 2.21. The monoisotopic (exact) mass is 419 g/mol. The maximum Gasteiger partial charge on any atom is 0.264 e. The van der Waals surface area contributed by atoms with Crippen molar-refractivity contribution >= 4 is 38.3 Å². The number of benzene rings is 2. The molecule has 0 unspecified atom stereocenters. The Balaban J connectivity index is 2.42. The summed E-state index contributed by atoms with van der Waals surface area (Å²) in [4.78, 5) is 0.239. The molecule has 112 valence electrons. The van der Waals surface area contributed by atoms with Crippen molar-refractivity contribution in [3.8, 4) is 0 Å². The molecule has 2 aromatic carbocycles. The molecule has 6 heteroatoms. The molecule has 3 nitrogen and oxygen atoms in total. The molecule has 0 N–H and O–H groups in total. The smallest absolute Gasteiger partial charge is 0.264 e. The summed E-state index contributed by atoms with van der Waals surface area (Å²) in [6, 6.07) is 13.8. The fourth-order valence-corrected chi connectivity index (χ4v) is 3.78. The number of halogens is 2. The zero-order chi connectivity index (χ0) is 15.3. The lowest BCUT2D eigenvalue weighted by Crippen LogP contribution is -2.32. The van der Waals surface area contributed by atoms with Crippen molar-refractivity contribution in [2.45, 2.75) is 11.3 Å². The number of alkyl halides is 1. The lowest BCUT2D eigenvalue weighted by Gasteiger charge is -2.24. The van der Waals surface area contributed by atoms with Gasteiger partial charge in [-0.3, -0.25) is 4.31 Å². The van der Waals surface area contributed by atoms with Gasteiger partial charge in [-0.15, -0.1) is 0 Å². The maximum absolute atomic E-state index is 13.1. The summed E-state index contributed by atoms with van der Waals surface area (Å²) in [6.07, 6.45) is 0.726. The molecule has 2 rings (SSSR count). The van der Waals surface area contributed by atoms with Gasteiger partial charge in [-0.25, -0.2) is 12.8 Å². The van der Waals surface area contributed by atoms with Gasteiger partial charge < -0.3 is 0 Å². The Kier molecular flexibility index (Phi) is 5.58. The lowest BCUT2D eigenvalue weighted by atomic mass is 10.3. The van der Waals surface area contributed by atoms with E-state index in [0.717, 1.165) is 10.8 Å². The predicted molar refractivity (Wildman–Crippen MR) is 90.9 cm³/mol. The number of sulfonamides is 1. The molecule has 0 spiro atoms. The first-order chi connectivity index (χ1) is 10.1. The van der Waals surface area contributed by atoms with Crippen LogP contribution in [0, 0.1) is 5.82 Å². The van der Waals surface area contributed by atoms with Crippen LogP contribution in [0.25, 0.3) is 0 Å². The second kappa shape index (κ2) is 7.22. The third kappa shape index (κ3) is 3.94. The Morgan fingerprint density at radius 1 is 1.00 bits per heavy atom. The normalized spacial score (nSPS) is 11.3. The summed E-state index contributed by atoms with van der Waals surface area (Å²) in [6.45, 7) is 0.367. The van der Waals surface area contributed by atoms with Gasteiger partial charge in [-0.2, -0.15) is 0 Å². The Labute approximate surface area is 138 Å². The third-order valence-electron chi connectivity index (χ3n) is 2.94. The van der Waals surface area contributed by atoms with E-state index in [1.54, 1.807) is 30.3 Å². The highest BCUT2D eigenvalue weighted by Crippen LogP contribution is 2.24. The van der Waals surface area contributed by atoms with Crippen LogP contribution in [-0.2, 0) is 10.0 Å². The van der Waals surface area contributed by atoms with Gasteiger partial charge in [-0.1, -0.05) is 40.8 Å². The van der Waals surface area contributed by atoms with Crippen LogP contribution in [-0.4, -0.2) is 19.4 Å². The molecule has 0 aliphatic rings. The Hall–Kier alpha value is -1.15. The van der Waals surface area contributed by atoms with Crippen molar-refractivity contribution in [1.82, 2.24) is 0 Å². The van der Waals surface area contributed by atoms with E-state index >= 15 is 0 Å². The van der Waals surface area contributed by atoms with Crippen LogP contribution in [0.3, 0.4) is 0 Å². The SMILES string of the molecule is O=S(=O)(c1ccccc1)N(CCCI)c1ccc(F)cc1. The molecule has 0 bridgehead atoms. The Bertz CT molecular complexity index is 675. The second-order valence-corrected chi connectivity index (χ2v) is 7.35. The fourth-order valence-electron chi connectivity index (χ4n) is 1.92. The topological polar surface area (TPSA) is 37.4 Å². The third-order valence-corrected chi connectivity index (χ3v) is 5.54. The molecule has 0 fully saturated rings. The standard InChI is InChI=1S/C15H15FINO2S/c16-13-7-9-14(10-8-13)18(12-4-11-17)21(19,20)15-5-2-1-3-6-15/h1-3,5-10H,4,11-12H2. The largest absolute Gasteiger partial charge is 0.266 e. The van der Waals surface area contributed by atoms with Crippen LogP contribution in [0.5, 0.6) is 0 Å². The molecule has 2 aromatic rings. The highest BCUT2D eigenvalue weighted by molar-refractivity contribution is 14.1. The molecular formula is C15H15FINO2S. The highest BCUT2D eigenvalue weighted by Gasteiger charge is 2.24. The Morgan fingerprint density at radius 2 is 1.62 bits per heavy atom. The zero-order valence-electron chi connectivity index (χ0n) is 11.2. The minimum Gasteiger partial charge on any atom is -0.266 e. The van der Waals surface area contributed by atoms with Crippen molar-refractivity contribution in [2.24, 2.45) is 0 Å². The van der Waals surface area contributed by atoms with E-state index in [-0.39, 0.29) is 10.7 Å². The van der Waals surface area contributed by atoms with Gasteiger partial charge in [0.25, 0.3) is 10.0 Å². The Morgan fingerprint density at radius 3 is 2.19 bits per heavy atom. The molecule has 0 aliphatic heterocycles. The molecule has 0 aliphatic carbocycles. The van der Waals surface area contributed by atoms with Gasteiger partial charge in [0, 0.05) is 11.0 Å². The van der Waals surface area contributed by atoms with Crippen LogP contribution in [0.1, 0.15) is 6.42 Å². The average molecular weight is 419 g/mol. The van der Waals surface area contributed by atoms with Crippen molar-refractivity contribution in [2.75, 3.05) is 15.3 Å². The van der Waals surface area contributed by atoms with E-state index < -0.39 is 10.0 Å². The lowest BCUT2D eigenvalue weighted by molar-refractivity contribution is 0.590. The van der Waals surface area contributed by atoms with E-state index in [0.29, 0.717) is 12.2 Å². The van der Waals surface area contributed by atoms with Gasteiger partial charge in [0.15, 0.2) is 0 Å². The summed E-state index contributed by atoms with van der Waals surface area (Å²) in [5.41, 5.74) is 0.477. The average Bonchev–Trinajstić information content (AvgIpc) is 2.50. The molecule has 0 saturated carbocycles. The quantitative estimate of drug-likeness (QED) is 0.527. The van der Waals surface area contributed by atoms with Crippen LogP contribution in [0.2, 0.25) is 0 Å². The van der Waals surface area contributed by atoms with E-state index in [1.165, 1.54) is 28.6 Å². The zero-order valence-corrected chi connectivity index (χ0v) is 14.2. The second-order valence-electron chi connectivity index (χ2n) is 4.41. The molecule has 0 amide bonds. The molecule has 0 saturated heterocycles. The van der Waals surface area contributed by atoms with Gasteiger partial charge in [0.05, 0.1) is 10.6 Å². The van der Waals surface area contributed by atoms with Crippen molar-refractivity contribution < 1.29 is 12.8 Å². The van der Waals surface area contributed by atoms with Gasteiger partial charge in [0.2, 0.25) is 0 Å². The highest BCUT2D eigenvalue weighted by atomic mass is 127. The molecule has 0 atom stereocenters. The summed E-state index contributed by atoms with van der Waals surface area (Å²) < 4.78 is 40.7. The number of nitrogens with zero attached hydrogens (tertiary/aromatic N) is 1. The van der Waals surface area contributed by atoms with E-state index in [1.807, 2.05) is 0 Å². The molecule has 0 radical (unpaired) electrons. The van der Waals surface area contributed by atoms with Crippen molar-refractivity contribution in [3.63, 3.8) is 0 Å². The predicted octanol–water partition coefficient (Wildman–Crippen LogP) is 3.85. The van der Waals surface area contributed by atoms with Crippen LogP contribution >= 0.6 is 22.6 Å². The first kappa shape index (κ1) is 16.2. The minimum atomic E-state index is -3.63. The van der Waals surface area contributed by atoms with Gasteiger partial charge >= 0.3 is 0 Å². The number of rotatable bonds is 6. The summed E-state index contributed by atoms with van der Waals surface area (Å²) in [5, 5.41) is 0. The van der Waals surface area contributed by atoms with Crippen molar-refractivity contribution in [1.29, 1.82) is 0 Å². The number of hydrogen-bond donors (Lipinski definition) is 0. The molecular weight excluding hydrogens is 404 g/mol. The first-order valence-corrected chi connectivity index (χ1v) is 9.41.